The number of fused-ring (bicyclic) bond motifs is 1. The number of nitrogens with zero attached hydrogens (tertiary/aromatic N) is 5. The molecular weight excluding hydrogens is 809 g/mol. The van der Waals surface area contributed by atoms with Gasteiger partial charge < -0.3 is 39.3 Å². The summed E-state index contributed by atoms with van der Waals surface area (Å²) in [4.78, 5) is 55.2. The van der Waals surface area contributed by atoms with Crippen LogP contribution in [0.5, 0.6) is 11.5 Å². The Kier molecular flexibility index (Phi) is 13.1. The fraction of sp³-hybridized carbons (Fsp3) is 0.319. The van der Waals surface area contributed by atoms with Gasteiger partial charge in [0.1, 0.15) is 52.8 Å². The number of imide groups is 1. The molecule has 0 radical (unpaired) electrons. The molecule has 328 valence electrons. The molecule has 63 heavy (non-hydrogen) atoms. The van der Waals surface area contributed by atoms with Gasteiger partial charge in [0.2, 0.25) is 5.91 Å². The number of hydrogen-bond donors (Lipinski definition) is 2. The molecule has 3 heterocycles. The summed E-state index contributed by atoms with van der Waals surface area (Å²) >= 11 is 0. The number of amides is 2. The van der Waals surface area contributed by atoms with Crippen LogP contribution in [0.3, 0.4) is 0 Å². The normalized spacial score (nSPS) is 18.1. The van der Waals surface area contributed by atoms with E-state index in [0.29, 0.717) is 17.1 Å². The SMILES string of the molecule is COc1ccc(C(OCC2OC(n3cnc4c(N)ncnc43)C(OC(=O)[C@@H](Cc3ccccc3)N(C(C)=O)C(=O)OC(C)(C)C)C2O)(c2ccccc2)c2ccc(OC)cc2)cc1. The van der Waals surface area contributed by atoms with Gasteiger partial charge in [0.25, 0.3) is 0 Å². The number of aliphatic hydroxyl groups excluding tert-OH is 1. The molecule has 0 aliphatic carbocycles. The second kappa shape index (κ2) is 18.6. The van der Waals surface area contributed by atoms with E-state index in [-0.39, 0.29) is 30.0 Å². The van der Waals surface area contributed by atoms with Crippen molar-refractivity contribution in [2.75, 3.05) is 26.6 Å². The molecule has 1 saturated heterocycles. The Morgan fingerprint density at radius 3 is 1.95 bits per heavy atom. The van der Waals surface area contributed by atoms with E-state index in [9.17, 15) is 19.5 Å². The maximum absolute atomic E-state index is 14.7. The monoisotopic (exact) mass is 858 g/mol. The number of benzene rings is 4. The predicted octanol–water partition coefficient (Wildman–Crippen LogP) is 6.00. The highest BCUT2D eigenvalue weighted by atomic mass is 16.6. The van der Waals surface area contributed by atoms with E-state index in [4.69, 9.17) is 34.2 Å². The molecule has 4 aromatic carbocycles. The Hall–Kier alpha value is -6.88. The molecule has 1 fully saturated rings. The van der Waals surface area contributed by atoms with Crippen molar-refractivity contribution in [1.29, 1.82) is 0 Å². The summed E-state index contributed by atoms with van der Waals surface area (Å²) < 4.78 is 38.0. The summed E-state index contributed by atoms with van der Waals surface area (Å²) in [5.41, 5.74) is 7.19. The number of methoxy groups -OCH3 is 2. The second-order valence-corrected chi connectivity index (χ2v) is 15.9. The Bertz CT molecular complexity index is 2470. The minimum atomic E-state index is -1.56. The summed E-state index contributed by atoms with van der Waals surface area (Å²) in [5, 5.41) is 12.3. The number of hydrogen-bond acceptors (Lipinski definition) is 14. The highest BCUT2D eigenvalue weighted by Crippen LogP contribution is 2.43. The average Bonchev–Trinajstić information content (AvgIpc) is 3.84. The second-order valence-electron chi connectivity index (χ2n) is 15.9. The number of aliphatic hydroxyl groups is 1. The minimum absolute atomic E-state index is 0.0923. The molecule has 16 nitrogen and oxygen atoms in total. The first kappa shape index (κ1) is 44.2. The molecule has 16 heteroatoms. The molecule has 2 amide bonds. The zero-order valence-electron chi connectivity index (χ0n) is 35.8. The number of imidazole rings is 1. The van der Waals surface area contributed by atoms with Gasteiger partial charge in [-0.05, 0) is 67.3 Å². The molecule has 0 bridgehead atoms. The molecule has 1 aliphatic heterocycles. The molecule has 2 aromatic heterocycles. The zero-order valence-corrected chi connectivity index (χ0v) is 35.8. The quantitative estimate of drug-likeness (QED) is 0.0955. The number of esters is 1. The van der Waals surface area contributed by atoms with E-state index in [0.717, 1.165) is 28.5 Å². The molecule has 4 unspecified atom stereocenters. The van der Waals surface area contributed by atoms with Crippen LogP contribution in [-0.4, -0.2) is 98.3 Å². The van der Waals surface area contributed by atoms with Crippen molar-refractivity contribution >= 4 is 35.0 Å². The molecule has 0 spiro atoms. The predicted molar refractivity (Wildman–Crippen MR) is 230 cm³/mol. The molecule has 6 aromatic rings. The molecule has 0 saturated carbocycles. The van der Waals surface area contributed by atoms with E-state index in [1.165, 1.54) is 17.2 Å². The first-order valence-electron chi connectivity index (χ1n) is 20.3. The highest BCUT2D eigenvalue weighted by molar-refractivity contribution is 5.96. The van der Waals surface area contributed by atoms with Crippen molar-refractivity contribution in [2.24, 2.45) is 0 Å². The molecule has 7 rings (SSSR count). The number of nitrogens with two attached hydrogens (primary N) is 1. The van der Waals surface area contributed by atoms with E-state index in [1.54, 1.807) is 65.3 Å². The number of ether oxygens (including phenoxy) is 6. The van der Waals surface area contributed by atoms with Gasteiger partial charge in [0, 0.05) is 13.3 Å². The van der Waals surface area contributed by atoms with E-state index < -0.39 is 59.8 Å². The number of rotatable bonds is 14. The third kappa shape index (κ3) is 9.33. The largest absolute Gasteiger partial charge is 0.497 e. The van der Waals surface area contributed by atoms with Gasteiger partial charge in [-0.3, -0.25) is 9.36 Å². The summed E-state index contributed by atoms with van der Waals surface area (Å²) in [6, 6.07) is 31.8. The van der Waals surface area contributed by atoms with Crippen LogP contribution in [0.1, 0.15) is 56.2 Å². The van der Waals surface area contributed by atoms with Crippen LogP contribution in [0.4, 0.5) is 10.6 Å². The van der Waals surface area contributed by atoms with Gasteiger partial charge >= 0.3 is 12.1 Å². The van der Waals surface area contributed by atoms with Crippen LogP contribution in [0.15, 0.2) is 122 Å². The Morgan fingerprint density at radius 1 is 0.825 bits per heavy atom. The summed E-state index contributed by atoms with van der Waals surface area (Å²) in [6.45, 7) is 5.84. The Balaban J connectivity index is 1.30. The third-order valence-electron chi connectivity index (χ3n) is 10.6. The molecule has 5 atom stereocenters. The van der Waals surface area contributed by atoms with Crippen LogP contribution in [0.2, 0.25) is 0 Å². The zero-order chi connectivity index (χ0) is 44.9. The first-order chi connectivity index (χ1) is 30.2. The van der Waals surface area contributed by atoms with Gasteiger partial charge in [0.05, 0.1) is 27.2 Å². The van der Waals surface area contributed by atoms with Crippen molar-refractivity contribution in [1.82, 2.24) is 24.4 Å². The van der Waals surface area contributed by atoms with Crippen molar-refractivity contribution < 1.29 is 47.9 Å². The summed E-state index contributed by atoms with van der Waals surface area (Å²) in [5.74, 6) is -0.400. The maximum atomic E-state index is 14.7. The van der Waals surface area contributed by atoms with Crippen LogP contribution in [0.25, 0.3) is 11.2 Å². The van der Waals surface area contributed by atoms with Crippen molar-refractivity contribution in [3.63, 3.8) is 0 Å². The van der Waals surface area contributed by atoms with Gasteiger partial charge in [-0.25, -0.2) is 29.4 Å². The third-order valence-corrected chi connectivity index (χ3v) is 10.6. The Labute approximate surface area is 364 Å². The van der Waals surface area contributed by atoms with Crippen molar-refractivity contribution in [3.05, 3.63) is 144 Å². The molecule has 1 aliphatic rings. The summed E-state index contributed by atoms with van der Waals surface area (Å²) in [7, 11) is 3.17. The average molecular weight is 859 g/mol. The number of carbonyl (C=O) groups excluding carboxylic acids is 3. The fourth-order valence-electron chi connectivity index (χ4n) is 7.66. The Morgan fingerprint density at radius 2 is 1.40 bits per heavy atom. The van der Waals surface area contributed by atoms with Crippen LogP contribution < -0.4 is 15.2 Å². The summed E-state index contributed by atoms with van der Waals surface area (Å²) in [6.07, 6.45) is -3.98. The highest BCUT2D eigenvalue weighted by Gasteiger charge is 2.51. The lowest BCUT2D eigenvalue weighted by molar-refractivity contribution is -0.166. The van der Waals surface area contributed by atoms with Crippen LogP contribution >= 0.6 is 0 Å². The van der Waals surface area contributed by atoms with E-state index in [1.807, 2.05) is 78.9 Å². The standard InChI is InChI=1S/C47H50N6O10/c1-29(54)53(45(57)63-46(2,3)4)36(25-30-13-9-7-10-14-30)44(56)62-40-39(55)37(61-43(40)52-28-51-38-41(48)49-27-50-42(38)52)26-60-47(31-15-11-8-12-16-31,32-17-21-34(58-5)22-18-32)33-19-23-35(59-6)24-20-33/h7-24,27-28,36-37,39-40,43,55H,25-26H2,1-6H3,(H2,48,49,50)/t36-,37?,39?,40?,43?/m1/s1. The van der Waals surface area contributed by atoms with E-state index >= 15 is 0 Å². The van der Waals surface area contributed by atoms with Crippen molar-refractivity contribution in [3.8, 4) is 11.5 Å². The van der Waals surface area contributed by atoms with Crippen LogP contribution in [0, 0.1) is 0 Å². The fourth-order valence-corrected chi connectivity index (χ4v) is 7.66. The smallest absolute Gasteiger partial charge is 0.417 e. The number of anilines is 1. The number of nitrogen functional groups attached to an aromatic ring is 1. The van der Waals surface area contributed by atoms with Crippen LogP contribution in [-0.2, 0) is 40.6 Å². The van der Waals surface area contributed by atoms with Gasteiger partial charge in [0.15, 0.2) is 23.8 Å². The topological polar surface area (TPSA) is 200 Å². The van der Waals surface area contributed by atoms with Gasteiger partial charge in [-0.2, -0.15) is 0 Å². The lowest BCUT2D eigenvalue weighted by Gasteiger charge is -2.37. The van der Waals surface area contributed by atoms with Gasteiger partial charge in [-0.1, -0.05) is 84.9 Å². The molecular formula is C47H50N6O10. The number of aromatic nitrogens is 4. The van der Waals surface area contributed by atoms with E-state index in [2.05, 4.69) is 15.0 Å². The number of carbonyl (C=O) groups is 3. The van der Waals surface area contributed by atoms with Gasteiger partial charge in [-0.15, -0.1) is 0 Å². The van der Waals surface area contributed by atoms with Crippen molar-refractivity contribution in [2.45, 2.75) is 75.9 Å². The first-order valence-corrected chi connectivity index (χ1v) is 20.3. The lowest BCUT2D eigenvalue weighted by Crippen LogP contribution is -2.52. The molecule has 3 N–H and O–H groups in total. The minimum Gasteiger partial charge on any atom is -0.497 e. The lowest BCUT2D eigenvalue weighted by atomic mass is 9.80. The maximum Gasteiger partial charge on any atom is 0.417 e.